The second-order valence-corrected chi connectivity index (χ2v) is 20.7. The van der Waals surface area contributed by atoms with Gasteiger partial charge in [-0.25, -0.2) is 15.0 Å². The van der Waals surface area contributed by atoms with E-state index in [4.69, 9.17) is 15.0 Å². The van der Waals surface area contributed by atoms with Gasteiger partial charge in [-0.2, -0.15) is 0 Å². The highest BCUT2D eigenvalue weighted by atomic mass is 15.1. The van der Waals surface area contributed by atoms with Crippen molar-refractivity contribution in [3.05, 3.63) is 284 Å². The van der Waals surface area contributed by atoms with Gasteiger partial charge in [0.25, 0.3) is 0 Å². The minimum atomic E-state index is 0.615. The van der Waals surface area contributed by atoms with Gasteiger partial charge in [-0.05, 0) is 120 Å². The fourth-order valence-electron chi connectivity index (χ4n) is 12.5. The molecule has 3 aromatic heterocycles. The van der Waals surface area contributed by atoms with Gasteiger partial charge < -0.3 is 9.13 Å². The first-order valence-electron chi connectivity index (χ1n) is 27.0. The van der Waals surface area contributed by atoms with Crippen molar-refractivity contribution >= 4 is 86.7 Å². The third-order valence-electron chi connectivity index (χ3n) is 16.2. The predicted octanol–water partition coefficient (Wildman–Crippen LogP) is 18.9. The Bertz CT molecular complexity index is 5120. The first kappa shape index (κ1) is 44.8. The van der Waals surface area contributed by atoms with Gasteiger partial charge in [0.15, 0.2) is 17.5 Å². The molecule has 0 N–H and O–H groups in total. The van der Waals surface area contributed by atoms with E-state index in [0.29, 0.717) is 17.5 Å². The van der Waals surface area contributed by atoms with Crippen molar-refractivity contribution < 1.29 is 0 Å². The van der Waals surface area contributed by atoms with Gasteiger partial charge in [0.05, 0.1) is 27.8 Å². The molecule has 368 valence electrons. The summed E-state index contributed by atoms with van der Waals surface area (Å²) in [6.07, 6.45) is 1.08. The molecule has 0 saturated heterocycles. The summed E-state index contributed by atoms with van der Waals surface area (Å²) in [7, 11) is 0. The van der Waals surface area contributed by atoms with E-state index in [2.05, 4.69) is 264 Å². The Morgan fingerprint density at radius 1 is 0.291 bits per heavy atom. The third-order valence-corrected chi connectivity index (χ3v) is 16.2. The minimum Gasteiger partial charge on any atom is -0.307 e. The van der Waals surface area contributed by atoms with Crippen molar-refractivity contribution in [1.82, 2.24) is 24.1 Å². The Morgan fingerprint density at radius 3 is 1.67 bits per heavy atom. The van der Waals surface area contributed by atoms with Gasteiger partial charge in [-0.1, -0.05) is 224 Å². The number of para-hydroxylation sites is 2. The molecule has 0 unspecified atom stereocenters. The van der Waals surface area contributed by atoms with Gasteiger partial charge in [-0.3, -0.25) is 0 Å². The van der Waals surface area contributed by atoms with Crippen molar-refractivity contribution in [3.8, 4) is 56.7 Å². The summed E-state index contributed by atoms with van der Waals surface area (Å²) < 4.78 is 4.91. The molecule has 0 spiro atoms. The summed E-state index contributed by atoms with van der Waals surface area (Å²) in [5.74, 6) is 1.88. The summed E-state index contributed by atoms with van der Waals surface area (Å²) in [6.45, 7) is 0. The van der Waals surface area contributed by atoms with Crippen LogP contribution in [0.5, 0.6) is 0 Å². The number of benzene rings is 13. The molecule has 0 amide bonds. The normalized spacial score (nSPS) is 12.0. The van der Waals surface area contributed by atoms with Crippen LogP contribution in [0.3, 0.4) is 0 Å². The second-order valence-electron chi connectivity index (χ2n) is 20.7. The fraction of sp³-hybridized carbons (Fsp3) is 0.0135. The SMILES string of the molecule is c1ccc(-c2nc(-c3cccc(-n4c5cc6ccccc6cc5c5cccc(-n6c7ccccc7c7c8ccccc8ccc76)c54)c3)nc(-c3ccc4ccccc4c3)n2)cc1.c1ccc2c(c1)Cc1ccc3ccccc3c1-2. The quantitative estimate of drug-likeness (QED) is 0.173. The van der Waals surface area contributed by atoms with Gasteiger partial charge in [0.2, 0.25) is 0 Å². The van der Waals surface area contributed by atoms with Gasteiger partial charge in [0.1, 0.15) is 0 Å². The standard InChI is InChI=1S/C57H35N5.C17H12/c1-2-16-38(17-3-1)55-58-56(60-57(59-55)43-29-28-36-14-4-5-18-39(36)32-43)42-21-12-22-44(33-42)61-52-35-41-20-7-6-19-40(41)34-48(52)46-25-13-27-51(54(46)61)62-49-26-11-10-24-47(49)53-45-23-9-8-15-37(45)30-31-50(53)62;1-3-7-15-12(5-1)9-10-14-11-13-6-2-4-8-16(13)17(14)15/h1-35H;1-10H,11H2. The highest BCUT2D eigenvalue weighted by Crippen LogP contribution is 2.44. The van der Waals surface area contributed by atoms with E-state index in [9.17, 15) is 0 Å². The van der Waals surface area contributed by atoms with Gasteiger partial charge in [-0.15, -0.1) is 0 Å². The van der Waals surface area contributed by atoms with Crippen LogP contribution in [-0.4, -0.2) is 24.1 Å². The molecule has 0 saturated carbocycles. The molecular weight excluding hydrogens is 959 g/mol. The van der Waals surface area contributed by atoms with Crippen LogP contribution in [0.4, 0.5) is 0 Å². The summed E-state index contributed by atoms with van der Waals surface area (Å²) in [6, 6.07) is 97.8. The Hall–Kier alpha value is -10.5. The lowest BCUT2D eigenvalue weighted by molar-refractivity contribution is 1.07. The molecule has 5 heteroatoms. The minimum absolute atomic E-state index is 0.615. The van der Waals surface area contributed by atoms with Crippen molar-refractivity contribution in [2.24, 2.45) is 0 Å². The topological polar surface area (TPSA) is 48.5 Å². The van der Waals surface area contributed by atoms with Crippen LogP contribution in [0.2, 0.25) is 0 Å². The maximum absolute atomic E-state index is 5.21. The molecule has 5 nitrogen and oxygen atoms in total. The van der Waals surface area contributed by atoms with Crippen LogP contribution in [0.1, 0.15) is 11.1 Å². The molecule has 79 heavy (non-hydrogen) atoms. The van der Waals surface area contributed by atoms with E-state index in [-0.39, 0.29) is 0 Å². The average Bonchev–Trinajstić information content (AvgIpc) is 4.30. The van der Waals surface area contributed by atoms with E-state index in [0.717, 1.165) is 50.9 Å². The number of nitrogens with zero attached hydrogens (tertiary/aromatic N) is 5. The molecule has 0 bridgehead atoms. The van der Waals surface area contributed by atoms with Crippen LogP contribution in [-0.2, 0) is 6.42 Å². The highest BCUT2D eigenvalue weighted by molar-refractivity contribution is 6.23. The maximum Gasteiger partial charge on any atom is 0.164 e. The first-order chi connectivity index (χ1) is 39.2. The number of hydrogen-bond donors (Lipinski definition) is 0. The molecule has 3 heterocycles. The summed E-state index contributed by atoms with van der Waals surface area (Å²) in [5, 5.41) is 14.8. The smallest absolute Gasteiger partial charge is 0.164 e. The molecule has 17 rings (SSSR count). The molecule has 0 radical (unpaired) electrons. The first-order valence-corrected chi connectivity index (χ1v) is 27.0. The summed E-state index contributed by atoms with van der Waals surface area (Å²) in [5.41, 5.74) is 15.3. The van der Waals surface area contributed by atoms with Crippen LogP contribution in [0.15, 0.2) is 273 Å². The number of rotatable bonds is 5. The van der Waals surface area contributed by atoms with Gasteiger partial charge >= 0.3 is 0 Å². The molecule has 0 fully saturated rings. The molecule has 0 aliphatic heterocycles. The number of aromatic nitrogens is 5. The fourth-order valence-corrected chi connectivity index (χ4v) is 12.5. The monoisotopic (exact) mass is 1010 g/mol. The lowest BCUT2D eigenvalue weighted by Gasteiger charge is -2.15. The van der Waals surface area contributed by atoms with Crippen molar-refractivity contribution in [2.45, 2.75) is 6.42 Å². The largest absolute Gasteiger partial charge is 0.307 e. The summed E-state index contributed by atoms with van der Waals surface area (Å²) >= 11 is 0. The average molecular weight is 1010 g/mol. The molecule has 0 atom stereocenters. The summed E-state index contributed by atoms with van der Waals surface area (Å²) in [4.78, 5) is 15.4. The number of fused-ring (bicyclic) bond motifs is 15. The molecule has 1 aliphatic rings. The molecule has 16 aromatic rings. The lowest BCUT2D eigenvalue weighted by Crippen LogP contribution is -2.02. The third kappa shape index (κ3) is 7.35. The van der Waals surface area contributed by atoms with Crippen molar-refractivity contribution in [2.75, 3.05) is 0 Å². The molecular formula is C74H47N5. The van der Waals surface area contributed by atoms with Crippen molar-refractivity contribution in [1.29, 1.82) is 0 Å². The van der Waals surface area contributed by atoms with E-state index >= 15 is 0 Å². The Balaban J connectivity index is 0.000000259. The lowest BCUT2D eigenvalue weighted by atomic mass is 9.98. The van der Waals surface area contributed by atoms with Crippen LogP contribution in [0, 0.1) is 0 Å². The van der Waals surface area contributed by atoms with Gasteiger partial charge in [0, 0.05) is 43.9 Å². The zero-order chi connectivity index (χ0) is 52.0. The zero-order valence-corrected chi connectivity index (χ0v) is 42.9. The van der Waals surface area contributed by atoms with E-state index in [1.54, 1.807) is 0 Å². The maximum atomic E-state index is 5.21. The number of hydrogen-bond acceptors (Lipinski definition) is 3. The second kappa shape index (κ2) is 18.1. The van der Waals surface area contributed by atoms with Crippen LogP contribution in [0.25, 0.3) is 143 Å². The zero-order valence-electron chi connectivity index (χ0n) is 42.9. The Morgan fingerprint density at radius 2 is 0.861 bits per heavy atom. The highest BCUT2D eigenvalue weighted by Gasteiger charge is 2.23. The molecule has 13 aromatic carbocycles. The van der Waals surface area contributed by atoms with Crippen molar-refractivity contribution in [3.63, 3.8) is 0 Å². The van der Waals surface area contributed by atoms with Crippen LogP contribution < -0.4 is 0 Å². The van der Waals surface area contributed by atoms with E-state index in [1.807, 2.05) is 18.2 Å². The Labute approximate surface area is 455 Å². The predicted molar refractivity (Wildman–Crippen MR) is 330 cm³/mol. The van der Waals surface area contributed by atoms with E-state index < -0.39 is 0 Å². The van der Waals surface area contributed by atoms with E-state index in [1.165, 1.54) is 92.5 Å². The molecule has 1 aliphatic carbocycles. The Kier molecular flexibility index (Phi) is 10.2. The van der Waals surface area contributed by atoms with Crippen LogP contribution >= 0.6 is 0 Å².